The molecule has 0 radical (unpaired) electrons. The maximum atomic E-state index is 13.7. The van der Waals surface area contributed by atoms with Crippen molar-refractivity contribution in [1.82, 2.24) is 9.55 Å². The topological polar surface area (TPSA) is 64.0 Å². The van der Waals surface area contributed by atoms with E-state index in [0.717, 1.165) is 40.7 Å². The summed E-state index contributed by atoms with van der Waals surface area (Å²) in [6, 6.07) is 15.2. The summed E-state index contributed by atoms with van der Waals surface area (Å²) in [6.07, 6.45) is 3.23. The van der Waals surface area contributed by atoms with E-state index in [4.69, 9.17) is 4.98 Å². The quantitative estimate of drug-likeness (QED) is 0.271. The number of benzene rings is 2. The van der Waals surface area contributed by atoms with Crippen LogP contribution >= 0.6 is 23.1 Å². The molecule has 174 valence electrons. The van der Waals surface area contributed by atoms with Gasteiger partial charge in [0.25, 0.3) is 5.56 Å². The number of nitrogens with zero attached hydrogens (tertiary/aromatic N) is 2. The van der Waals surface area contributed by atoms with Crippen molar-refractivity contribution in [1.29, 1.82) is 0 Å². The molecule has 4 aromatic rings. The largest absolute Gasteiger partial charge is 0.326 e. The Bertz CT molecular complexity index is 1400. The fraction of sp³-hybridized carbons (Fsp3) is 0.269. The molecular weight excluding hydrogens is 469 g/mol. The van der Waals surface area contributed by atoms with Gasteiger partial charge in [-0.1, -0.05) is 36.9 Å². The van der Waals surface area contributed by atoms with Crippen LogP contribution in [0.25, 0.3) is 15.9 Å². The standard InChI is InChI=1S/C26H24FN3O2S2/c1-16-7-12-20-21(15-16)34-24-23(20)25(32)30(19-5-3-2-4-6-19)26(29-24)33-14-13-22(31)28-18-10-8-17(27)9-11-18/h2-6,8-11,16H,7,12-15H2,1H3,(H,28,31). The molecule has 0 bridgehead atoms. The minimum atomic E-state index is -0.349. The van der Waals surface area contributed by atoms with Gasteiger partial charge < -0.3 is 5.32 Å². The third-order valence-corrected chi connectivity index (χ3v) is 8.09. The van der Waals surface area contributed by atoms with Gasteiger partial charge in [-0.3, -0.25) is 14.2 Å². The molecule has 0 fully saturated rings. The van der Waals surface area contributed by atoms with Crippen molar-refractivity contribution in [2.24, 2.45) is 5.92 Å². The Morgan fingerprint density at radius 3 is 2.74 bits per heavy atom. The van der Waals surface area contributed by atoms with E-state index in [0.29, 0.717) is 22.5 Å². The fourth-order valence-corrected chi connectivity index (χ4v) is 6.64. The molecule has 0 spiro atoms. The average molecular weight is 494 g/mol. The second-order valence-electron chi connectivity index (χ2n) is 8.56. The number of nitrogens with one attached hydrogen (secondary N) is 1. The van der Waals surface area contributed by atoms with Gasteiger partial charge in [0.15, 0.2) is 5.16 Å². The highest BCUT2D eigenvalue weighted by Crippen LogP contribution is 2.37. The summed E-state index contributed by atoms with van der Waals surface area (Å²) in [7, 11) is 0. The van der Waals surface area contributed by atoms with Crippen LogP contribution in [0.15, 0.2) is 64.5 Å². The van der Waals surface area contributed by atoms with Crippen molar-refractivity contribution in [2.75, 3.05) is 11.1 Å². The van der Waals surface area contributed by atoms with Crippen LogP contribution in [0.2, 0.25) is 0 Å². The lowest BCUT2D eigenvalue weighted by Gasteiger charge is -2.17. The molecule has 5 rings (SSSR count). The summed E-state index contributed by atoms with van der Waals surface area (Å²) in [4.78, 5) is 33.1. The number of carbonyl (C=O) groups excluding carboxylic acids is 1. The van der Waals surface area contributed by atoms with Crippen LogP contribution in [0.4, 0.5) is 10.1 Å². The molecule has 2 heterocycles. The van der Waals surface area contributed by atoms with Crippen molar-refractivity contribution in [3.63, 3.8) is 0 Å². The van der Waals surface area contributed by atoms with Gasteiger partial charge in [-0.25, -0.2) is 9.37 Å². The molecule has 2 aromatic carbocycles. The van der Waals surface area contributed by atoms with E-state index in [9.17, 15) is 14.0 Å². The zero-order chi connectivity index (χ0) is 23.7. The molecule has 0 aliphatic heterocycles. The monoisotopic (exact) mass is 493 g/mol. The number of hydrogen-bond acceptors (Lipinski definition) is 5. The summed E-state index contributed by atoms with van der Waals surface area (Å²) in [6.45, 7) is 2.25. The Hall–Kier alpha value is -2.97. The maximum Gasteiger partial charge on any atom is 0.267 e. The van der Waals surface area contributed by atoms with Crippen molar-refractivity contribution < 1.29 is 9.18 Å². The zero-order valence-corrected chi connectivity index (χ0v) is 20.3. The lowest BCUT2D eigenvalue weighted by atomic mass is 9.89. The van der Waals surface area contributed by atoms with Crippen molar-refractivity contribution in [3.05, 3.63) is 81.2 Å². The molecular formula is C26H24FN3O2S2. The van der Waals surface area contributed by atoms with Crippen LogP contribution in [0.5, 0.6) is 0 Å². The van der Waals surface area contributed by atoms with Crippen LogP contribution in [0.1, 0.15) is 30.2 Å². The number of para-hydroxylation sites is 1. The second-order valence-corrected chi connectivity index (χ2v) is 10.7. The smallest absolute Gasteiger partial charge is 0.267 e. The minimum Gasteiger partial charge on any atom is -0.326 e. The van der Waals surface area contributed by atoms with Crippen molar-refractivity contribution in [3.8, 4) is 5.69 Å². The Balaban J connectivity index is 1.43. The molecule has 5 nitrogen and oxygen atoms in total. The first-order valence-corrected chi connectivity index (χ1v) is 13.1. The SMILES string of the molecule is CC1CCc2c(sc3nc(SCCC(=O)Nc4ccc(F)cc4)n(-c4ccccc4)c(=O)c23)C1. The first kappa shape index (κ1) is 22.8. The lowest BCUT2D eigenvalue weighted by molar-refractivity contribution is -0.115. The number of halogens is 1. The number of aryl methyl sites for hydroxylation is 1. The number of fused-ring (bicyclic) bond motifs is 3. The Labute approximate surface area is 205 Å². The van der Waals surface area contributed by atoms with E-state index in [1.54, 1.807) is 15.9 Å². The molecule has 1 aliphatic rings. The Morgan fingerprint density at radius 1 is 1.21 bits per heavy atom. The third kappa shape index (κ3) is 4.65. The van der Waals surface area contributed by atoms with Gasteiger partial charge in [-0.15, -0.1) is 11.3 Å². The van der Waals surface area contributed by atoms with Crippen LogP contribution in [-0.4, -0.2) is 21.2 Å². The van der Waals surface area contributed by atoms with Crippen molar-refractivity contribution >= 4 is 44.9 Å². The van der Waals surface area contributed by atoms with E-state index in [1.165, 1.54) is 40.9 Å². The third-order valence-electron chi connectivity index (χ3n) is 6.00. The molecule has 2 aromatic heterocycles. The number of carbonyl (C=O) groups is 1. The summed E-state index contributed by atoms with van der Waals surface area (Å²) < 4.78 is 14.8. The number of rotatable bonds is 6. The summed E-state index contributed by atoms with van der Waals surface area (Å²) in [5.74, 6) is 0.554. The molecule has 1 amide bonds. The van der Waals surface area contributed by atoms with Gasteiger partial charge in [0.2, 0.25) is 5.91 Å². The molecule has 34 heavy (non-hydrogen) atoms. The highest BCUT2D eigenvalue weighted by Gasteiger charge is 2.25. The minimum absolute atomic E-state index is 0.0403. The van der Waals surface area contributed by atoms with Gasteiger partial charge in [0.05, 0.1) is 11.1 Å². The first-order chi connectivity index (χ1) is 16.5. The van der Waals surface area contributed by atoms with Gasteiger partial charge >= 0.3 is 0 Å². The maximum absolute atomic E-state index is 13.7. The summed E-state index contributed by atoms with van der Waals surface area (Å²) in [5.41, 5.74) is 2.44. The molecule has 0 saturated heterocycles. The first-order valence-electron chi connectivity index (χ1n) is 11.3. The number of thioether (sulfide) groups is 1. The normalized spacial score (nSPS) is 15.3. The Morgan fingerprint density at radius 2 is 1.97 bits per heavy atom. The van der Waals surface area contributed by atoms with Crippen LogP contribution in [-0.2, 0) is 17.6 Å². The molecule has 8 heteroatoms. The predicted octanol–water partition coefficient (Wildman–Crippen LogP) is 5.83. The average Bonchev–Trinajstić information content (AvgIpc) is 3.19. The fourth-order valence-electron chi connectivity index (χ4n) is 4.26. The van der Waals surface area contributed by atoms with Crippen molar-refractivity contribution in [2.45, 2.75) is 37.8 Å². The molecule has 1 atom stereocenters. The summed E-state index contributed by atoms with van der Waals surface area (Å²) >= 11 is 3.03. The molecule has 1 aliphatic carbocycles. The van der Waals surface area contributed by atoms with Gasteiger partial charge in [0, 0.05) is 22.7 Å². The summed E-state index contributed by atoms with van der Waals surface area (Å²) in [5, 5.41) is 4.11. The number of thiophene rings is 1. The Kier molecular flexibility index (Phi) is 6.52. The van der Waals surface area contributed by atoms with E-state index in [1.807, 2.05) is 30.3 Å². The highest BCUT2D eigenvalue weighted by atomic mass is 32.2. The predicted molar refractivity (Wildman–Crippen MR) is 137 cm³/mol. The number of amides is 1. The van der Waals surface area contributed by atoms with E-state index in [2.05, 4.69) is 12.2 Å². The van der Waals surface area contributed by atoms with Crippen LogP contribution in [0, 0.1) is 11.7 Å². The van der Waals surface area contributed by atoms with E-state index >= 15 is 0 Å². The lowest BCUT2D eigenvalue weighted by Crippen LogP contribution is -2.23. The van der Waals surface area contributed by atoms with Gasteiger partial charge in [-0.05, 0) is 67.1 Å². The van der Waals surface area contributed by atoms with Gasteiger partial charge in [0.1, 0.15) is 10.6 Å². The second kappa shape index (κ2) is 9.72. The number of aromatic nitrogens is 2. The van der Waals surface area contributed by atoms with Crippen LogP contribution < -0.4 is 10.9 Å². The van der Waals surface area contributed by atoms with E-state index in [-0.39, 0.29) is 23.7 Å². The molecule has 0 saturated carbocycles. The molecule has 1 unspecified atom stereocenters. The van der Waals surface area contributed by atoms with Crippen LogP contribution in [0.3, 0.4) is 0 Å². The number of hydrogen-bond donors (Lipinski definition) is 1. The molecule has 1 N–H and O–H groups in total. The van der Waals surface area contributed by atoms with E-state index < -0.39 is 0 Å². The number of anilines is 1. The zero-order valence-electron chi connectivity index (χ0n) is 18.7. The van der Waals surface area contributed by atoms with Gasteiger partial charge in [-0.2, -0.15) is 0 Å². The highest BCUT2D eigenvalue weighted by molar-refractivity contribution is 7.99.